The zero-order valence-corrected chi connectivity index (χ0v) is 12.4. The van der Waals surface area contributed by atoms with Crippen molar-refractivity contribution in [1.82, 2.24) is 15.0 Å². The van der Waals surface area contributed by atoms with E-state index >= 15 is 0 Å². The minimum absolute atomic E-state index is 0.292. The first-order valence-electron chi connectivity index (χ1n) is 4.63. The molecular weight excluding hydrogens is 315 g/mol. The highest BCUT2D eigenvalue weighted by atomic mass is 35.6. The number of hydrogen-bond donors (Lipinski definition) is 0. The summed E-state index contributed by atoms with van der Waals surface area (Å²) in [6.07, 6.45) is 0.651. The van der Waals surface area contributed by atoms with Crippen LogP contribution in [0.5, 0.6) is 0 Å². The molecule has 0 N–H and O–H groups in total. The molecule has 16 heavy (non-hydrogen) atoms. The summed E-state index contributed by atoms with van der Waals surface area (Å²) in [5.41, 5.74) is 1.05. The molecule has 0 saturated heterocycles. The Balaban J connectivity index is 3.28. The maximum absolute atomic E-state index is 6.05. The summed E-state index contributed by atoms with van der Waals surface area (Å²) in [5.74, 6) is 0. The second kappa shape index (κ2) is 5.07. The van der Waals surface area contributed by atoms with Crippen LogP contribution in [0.2, 0.25) is 0 Å². The lowest BCUT2D eigenvalue weighted by atomic mass is 10.2. The molecule has 1 heterocycles. The summed E-state index contributed by atoms with van der Waals surface area (Å²) in [6.45, 7) is 4.51. The van der Waals surface area contributed by atoms with Gasteiger partial charge in [0, 0.05) is 6.54 Å². The molecule has 0 bridgehead atoms. The van der Waals surface area contributed by atoms with E-state index in [4.69, 9.17) is 58.0 Å². The van der Waals surface area contributed by atoms with Gasteiger partial charge in [0.25, 0.3) is 0 Å². The highest BCUT2D eigenvalue weighted by Gasteiger charge is 2.50. The summed E-state index contributed by atoms with van der Waals surface area (Å²) in [6, 6.07) is 0. The molecule has 0 radical (unpaired) electrons. The molecule has 0 unspecified atom stereocenters. The van der Waals surface area contributed by atoms with Crippen LogP contribution >= 0.6 is 58.0 Å². The van der Waals surface area contributed by atoms with Gasteiger partial charge in [-0.15, -0.1) is 5.10 Å². The molecular formula is C8H10Cl5N3. The van der Waals surface area contributed by atoms with Crippen LogP contribution in [-0.2, 0) is 17.3 Å². The first-order valence-corrected chi connectivity index (χ1v) is 6.52. The van der Waals surface area contributed by atoms with Crippen molar-refractivity contribution in [2.24, 2.45) is 0 Å². The van der Waals surface area contributed by atoms with E-state index in [9.17, 15) is 0 Å². The molecule has 0 aliphatic carbocycles. The van der Waals surface area contributed by atoms with Crippen molar-refractivity contribution >= 4 is 58.0 Å². The van der Waals surface area contributed by atoms with Gasteiger partial charge in [0.15, 0.2) is 0 Å². The smallest absolute Gasteiger partial charge is 0.228 e. The van der Waals surface area contributed by atoms with E-state index in [1.807, 2.05) is 13.8 Å². The Morgan fingerprint density at radius 1 is 1.12 bits per heavy atom. The molecule has 0 atom stereocenters. The summed E-state index contributed by atoms with van der Waals surface area (Å²) in [5, 5.41) is 7.80. The molecule has 3 nitrogen and oxygen atoms in total. The standard InChI is InChI=1S/C8H10Cl5N3/c1-3-5-6(14-15-16(5)4-2)7(9,10)8(11,12)13/h3-4H2,1-2H3. The zero-order chi connectivity index (χ0) is 12.6. The SMILES string of the molecule is CCc1c(C(Cl)(Cl)C(Cl)(Cl)Cl)nnn1CC. The normalized spacial score (nSPS) is 13.2. The number of alkyl halides is 5. The van der Waals surface area contributed by atoms with Gasteiger partial charge < -0.3 is 0 Å². The highest BCUT2D eigenvalue weighted by molar-refractivity contribution is 6.75. The average Bonchev–Trinajstić information content (AvgIpc) is 2.58. The van der Waals surface area contributed by atoms with E-state index in [0.717, 1.165) is 5.69 Å². The predicted molar refractivity (Wildman–Crippen MR) is 68.7 cm³/mol. The minimum Gasteiger partial charge on any atom is -0.249 e. The Morgan fingerprint density at radius 3 is 2.06 bits per heavy atom. The monoisotopic (exact) mass is 323 g/mol. The fourth-order valence-corrected chi connectivity index (χ4v) is 1.88. The van der Waals surface area contributed by atoms with Gasteiger partial charge in [0.2, 0.25) is 8.13 Å². The van der Waals surface area contributed by atoms with Gasteiger partial charge in [0.05, 0.1) is 5.69 Å². The van der Waals surface area contributed by atoms with E-state index in [-0.39, 0.29) is 0 Å². The molecule has 1 rings (SSSR count). The summed E-state index contributed by atoms with van der Waals surface area (Å²) < 4.78 is -1.91. The fraction of sp³-hybridized carbons (Fsp3) is 0.750. The summed E-state index contributed by atoms with van der Waals surface area (Å²) in [7, 11) is 0. The molecule has 0 amide bonds. The minimum atomic E-state index is -1.87. The average molecular weight is 325 g/mol. The third-order valence-corrected chi connectivity index (χ3v) is 4.48. The van der Waals surface area contributed by atoms with Crippen LogP contribution in [0, 0.1) is 0 Å². The number of halogens is 5. The third-order valence-electron chi connectivity index (χ3n) is 2.13. The molecule has 1 aromatic heterocycles. The van der Waals surface area contributed by atoms with Crippen molar-refractivity contribution in [2.75, 3.05) is 0 Å². The lowest BCUT2D eigenvalue weighted by Gasteiger charge is -2.26. The summed E-state index contributed by atoms with van der Waals surface area (Å²) >= 11 is 29.3. The maximum atomic E-state index is 6.05. The lowest BCUT2D eigenvalue weighted by molar-refractivity contribution is 0.601. The van der Waals surface area contributed by atoms with Gasteiger partial charge in [-0.25, -0.2) is 4.68 Å². The quantitative estimate of drug-likeness (QED) is 0.790. The van der Waals surface area contributed by atoms with Crippen LogP contribution in [0.15, 0.2) is 0 Å². The van der Waals surface area contributed by atoms with Crippen molar-refractivity contribution in [2.45, 2.75) is 34.9 Å². The van der Waals surface area contributed by atoms with Gasteiger partial charge >= 0.3 is 0 Å². The Bertz CT molecular complexity index is 368. The predicted octanol–water partition coefficient (Wildman–Crippen LogP) is 3.86. The van der Waals surface area contributed by atoms with Gasteiger partial charge in [0.1, 0.15) is 5.69 Å². The van der Waals surface area contributed by atoms with Gasteiger partial charge in [-0.2, -0.15) is 0 Å². The Hall–Kier alpha value is 0.590. The zero-order valence-electron chi connectivity index (χ0n) is 8.65. The molecule has 1 aromatic rings. The fourth-order valence-electron chi connectivity index (χ4n) is 1.31. The van der Waals surface area contributed by atoms with E-state index in [1.54, 1.807) is 4.68 Å². The molecule has 0 aromatic carbocycles. The Kier molecular flexibility index (Phi) is 4.64. The van der Waals surface area contributed by atoms with Crippen LogP contribution in [0.1, 0.15) is 25.2 Å². The number of nitrogens with zero attached hydrogens (tertiary/aromatic N) is 3. The molecule has 0 fully saturated rings. The summed E-state index contributed by atoms with van der Waals surface area (Å²) in [4.78, 5) is 0. The Labute approximate surface area is 119 Å². The largest absolute Gasteiger partial charge is 0.249 e. The van der Waals surface area contributed by atoms with E-state index in [1.165, 1.54) is 0 Å². The van der Waals surface area contributed by atoms with Crippen molar-refractivity contribution in [3.05, 3.63) is 11.4 Å². The van der Waals surface area contributed by atoms with Crippen LogP contribution in [-0.4, -0.2) is 18.8 Å². The van der Waals surface area contributed by atoms with Crippen molar-refractivity contribution in [3.8, 4) is 0 Å². The first-order chi connectivity index (χ1) is 7.25. The second-order valence-corrected chi connectivity index (χ2v) is 6.73. The topological polar surface area (TPSA) is 30.7 Å². The maximum Gasteiger partial charge on any atom is 0.228 e. The van der Waals surface area contributed by atoms with E-state index in [2.05, 4.69) is 10.3 Å². The van der Waals surface area contributed by atoms with Gasteiger partial charge in [-0.3, -0.25) is 0 Å². The number of rotatable bonds is 3. The Morgan fingerprint density at radius 2 is 1.69 bits per heavy atom. The van der Waals surface area contributed by atoms with Crippen LogP contribution < -0.4 is 0 Å². The van der Waals surface area contributed by atoms with Gasteiger partial charge in [-0.05, 0) is 13.3 Å². The molecule has 92 valence electrons. The number of aromatic nitrogens is 3. The van der Waals surface area contributed by atoms with E-state index < -0.39 is 8.13 Å². The third kappa shape index (κ3) is 2.54. The van der Waals surface area contributed by atoms with Crippen LogP contribution in [0.4, 0.5) is 0 Å². The van der Waals surface area contributed by atoms with Crippen LogP contribution in [0.3, 0.4) is 0 Å². The van der Waals surface area contributed by atoms with Crippen molar-refractivity contribution in [3.63, 3.8) is 0 Å². The molecule has 0 spiro atoms. The molecule has 0 aliphatic rings. The van der Waals surface area contributed by atoms with Crippen LogP contribution in [0.25, 0.3) is 0 Å². The molecule has 0 saturated carbocycles. The highest BCUT2D eigenvalue weighted by Crippen LogP contribution is 2.52. The lowest BCUT2D eigenvalue weighted by Crippen LogP contribution is -2.30. The van der Waals surface area contributed by atoms with Gasteiger partial charge in [-0.1, -0.05) is 70.1 Å². The van der Waals surface area contributed by atoms with Crippen molar-refractivity contribution in [1.29, 1.82) is 0 Å². The van der Waals surface area contributed by atoms with Crippen molar-refractivity contribution < 1.29 is 0 Å². The van der Waals surface area contributed by atoms with E-state index in [0.29, 0.717) is 18.7 Å². The molecule has 8 heteroatoms. The molecule has 0 aliphatic heterocycles. The number of hydrogen-bond acceptors (Lipinski definition) is 2. The number of aryl methyl sites for hydroxylation is 1. The first kappa shape index (κ1) is 14.7. The second-order valence-electron chi connectivity index (χ2n) is 3.13.